The van der Waals surface area contributed by atoms with Crippen molar-refractivity contribution in [3.63, 3.8) is 0 Å². The van der Waals surface area contributed by atoms with Crippen LogP contribution in [0, 0.1) is 17.1 Å². The summed E-state index contributed by atoms with van der Waals surface area (Å²) in [6, 6.07) is 9.34. The van der Waals surface area contributed by atoms with Gasteiger partial charge in [0.15, 0.2) is 4.90 Å². The number of aliphatic imine (C=N–C) groups is 1. The van der Waals surface area contributed by atoms with Crippen LogP contribution in [0.4, 0.5) is 4.39 Å². The van der Waals surface area contributed by atoms with Crippen LogP contribution >= 0.6 is 0 Å². The highest BCUT2D eigenvalue weighted by atomic mass is 32.2. The van der Waals surface area contributed by atoms with Gasteiger partial charge in [0.2, 0.25) is 0 Å². The van der Waals surface area contributed by atoms with Crippen molar-refractivity contribution in [1.29, 1.82) is 5.26 Å². The van der Waals surface area contributed by atoms with Crippen LogP contribution < -0.4 is 4.74 Å². The molecule has 0 bridgehead atoms. The Hall–Kier alpha value is -2.40. The van der Waals surface area contributed by atoms with Gasteiger partial charge in [0.25, 0.3) is 0 Å². The number of halogens is 1. The molecule has 0 fully saturated rings. The van der Waals surface area contributed by atoms with Gasteiger partial charge in [-0.3, -0.25) is 4.99 Å². The maximum atomic E-state index is 13.7. The van der Waals surface area contributed by atoms with Gasteiger partial charge in [0, 0.05) is 37.6 Å². The predicted octanol–water partition coefficient (Wildman–Crippen LogP) is 4.00. The molecular formula is C21H21FN2O3S. The zero-order valence-electron chi connectivity index (χ0n) is 15.8. The average Bonchev–Trinajstić information content (AvgIpc) is 3.09. The Morgan fingerprint density at radius 2 is 2.11 bits per heavy atom. The third-order valence-corrected chi connectivity index (χ3v) is 5.44. The molecule has 0 aromatic heterocycles. The molecule has 0 saturated heterocycles. The number of nitriles is 1. The van der Waals surface area contributed by atoms with Crippen molar-refractivity contribution < 1.29 is 18.4 Å². The van der Waals surface area contributed by atoms with Gasteiger partial charge in [0.05, 0.1) is 17.2 Å². The zero-order chi connectivity index (χ0) is 20.1. The molecule has 7 heteroatoms. The minimum Gasteiger partial charge on any atom is -0.612 e. The van der Waals surface area contributed by atoms with E-state index in [-0.39, 0.29) is 11.3 Å². The standard InChI is InChI=1S/C21H21FN2O3S/c1-26-9-3-8-24-18-5-4-17-19(6-7-20(21(17)18)28(2)25)27-16-11-14(13-23)10-15(22)12-16/h6-7,10-12H,3-5,8-9H2,1-2H3. The van der Waals surface area contributed by atoms with Crippen LogP contribution in [0.15, 0.2) is 40.2 Å². The van der Waals surface area contributed by atoms with E-state index in [1.807, 2.05) is 6.07 Å². The molecule has 0 amide bonds. The highest BCUT2D eigenvalue weighted by Gasteiger charge is 2.29. The van der Waals surface area contributed by atoms with E-state index in [1.54, 1.807) is 25.5 Å². The molecule has 0 saturated carbocycles. The summed E-state index contributed by atoms with van der Waals surface area (Å²) in [5.74, 6) is 0.299. The topological polar surface area (TPSA) is 77.7 Å². The fourth-order valence-electron chi connectivity index (χ4n) is 3.27. The van der Waals surface area contributed by atoms with E-state index in [0.29, 0.717) is 25.3 Å². The Balaban J connectivity index is 1.96. The summed E-state index contributed by atoms with van der Waals surface area (Å²) in [4.78, 5) is 5.40. The number of methoxy groups -OCH3 is 1. The molecule has 1 aliphatic rings. The van der Waals surface area contributed by atoms with E-state index < -0.39 is 17.0 Å². The highest BCUT2D eigenvalue weighted by Crippen LogP contribution is 2.38. The second-order valence-electron chi connectivity index (χ2n) is 6.43. The lowest BCUT2D eigenvalue weighted by atomic mass is 10.1. The Kier molecular flexibility index (Phi) is 6.68. The Labute approximate surface area is 167 Å². The molecule has 3 rings (SSSR count). The van der Waals surface area contributed by atoms with Crippen molar-refractivity contribution in [2.75, 3.05) is 26.5 Å². The van der Waals surface area contributed by atoms with Crippen molar-refractivity contribution in [1.82, 2.24) is 0 Å². The van der Waals surface area contributed by atoms with E-state index in [9.17, 15) is 8.94 Å². The van der Waals surface area contributed by atoms with E-state index in [1.165, 1.54) is 12.1 Å². The highest BCUT2D eigenvalue weighted by molar-refractivity contribution is 7.90. The Bertz CT molecular complexity index is 938. The number of rotatable bonds is 7. The fourth-order valence-corrected chi connectivity index (χ4v) is 4.06. The molecule has 1 atom stereocenters. The monoisotopic (exact) mass is 400 g/mol. The number of ether oxygens (including phenoxy) is 2. The fraction of sp³-hybridized carbons (Fsp3) is 0.333. The second kappa shape index (κ2) is 9.20. The quantitative estimate of drug-likeness (QED) is 0.520. The largest absolute Gasteiger partial charge is 0.612 e. The SMILES string of the molecule is COCCCN=C1CCc2c(Oc3cc(F)cc(C#N)c3)ccc([S+](C)[O-])c21. The first kappa shape index (κ1) is 20.3. The van der Waals surface area contributed by atoms with Crippen LogP contribution in [-0.4, -0.2) is 36.8 Å². The maximum Gasteiger partial charge on any atom is 0.162 e. The van der Waals surface area contributed by atoms with Crippen LogP contribution in [0.1, 0.15) is 29.5 Å². The summed E-state index contributed by atoms with van der Waals surface area (Å²) in [5.41, 5.74) is 2.89. The smallest absolute Gasteiger partial charge is 0.162 e. The van der Waals surface area contributed by atoms with E-state index in [0.717, 1.165) is 40.6 Å². The Morgan fingerprint density at radius 3 is 2.82 bits per heavy atom. The van der Waals surface area contributed by atoms with Gasteiger partial charge in [-0.05, 0) is 54.7 Å². The van der Waals surface area contributed by atoms with Crippen LogP contribution in [0.3, 0.4) is 0 Å². The predicted molar refractivity (Wildman–Crippen MR) is 106 cm³/mol. The summed E-state index contributed by atoms with van der Waals surface area (Å²) < 4.78 is 36.9. The molecule has 5 nitrogen and oxygen atoms in total. The van der Waals surface area contributed by atoms with Gasteiger partial charge in [-0.15, -0.1) is 0 Å². The normalized spacial score (nSPS) is 15.3. The molecule has 0 radical (unpaired) electrons. The molecule has 0 aliphatic heterocycles. The van der Waals surface area contributed by atoms with Gasteiger partial charge < -0.3 is 14.0 Å². The van der Waals surface area contributed by atoms with Crippen molar-refractivity contribution in [3.05, 3.63) is 52.8 Å². The summed E-state index contributed by atoms with van der Waals surface area (Å²) in [5, 5.41) is 9.03. The second-order valence-corrected chi connectivity index (χ2v) is 7.78. The van der Waals surface area contributed by atoms with E-state index >= 15 is 0 Å². The lowest BCUT2D eigenvalue weighted by molar-refractivity contribution is 0.197. The summed E-state index contributed by atoms with van der Waals surface area (Å²) >= 11 is -1.17. The van der Waals surface area contributed by atoms with Gasteiger partial charge in [-0.2, -0.15) is 5.26 Å². The van der Waals surface area contributed by atoms with Gasteiger partial charge in [0.1, 0.15) is 23.6 Å². The maximum absolute atomic E-state index is 13.7. The van der Waals surface area contributed by atoms with Crippen LogP contribution in [-0.2, 0) is 22.3 Å². The first-order chi connectivity index (χ1) is 13.5. The molecule has 0 N–H and O–H groups in total. The van der Waals surface area contributed by atoms with Crippen LogP contribution in [0.2, 0.25) is 0 Å². The summed E-state index contributed by atoms with van der Waals surface area (Å²) in [7, 11) is 1.66. The molecule has 1 unspecified atom stereocenters. The molecule has 0 spiro atoms. The van der Waals surface area contributed by atoms with Crippen LogP contribution in [0.5, 0.6) is 11.5 Å². The van der Waals surface area contributed by atoms with E-state index in [2.05, 4.69) is 4.99 Å². The third-order valence-electron chi connectivity index (χ3n) is 4.48. The third kappa shape index (κ3) is 4.53. The molecule has 146 valence electrons. The molecule has 1 aliphatic carbocycles. The number of benzene rings is 2. The Morgan fingerprint density at radius 1 is 1.29 bits per heavy atom. The molecule has 2 aromatic carbocycles. The van der Waals surface area contributed by atoms with Crippen molar-refractivity contribution >= 4 is 16.9 Å². The summed E-state index contributed by atoms with van der Waals surface area (Å²) in [6.45, 7) is 1.28. The van der Waals surface area contributed by atoms with Gasteiger partial charge in [-0.1, -0.05) is 0 Å². The number of hydrogen-bond acceptors (Lipinski definition) is 5. The van der Waals surface area contributed by atoms with Crippen molar-refractivity contribution in [2.24, 2.45) is 4.99 Å². The first-order valence-corrected chi connectivity index (χ1v) is 10.5. The van der Waals surface area contributed by atoms with E-state index in [4.69, 9.17) is 14.7 Å². The molecule has 0 heterocycles. The van der Waals surface area contributed by atoms with Crippen molar-refractivity contribution in [3.8, 4) is 17.6 Å². The first-order valence-electron chi connectivity index (χ1n) is 8.94. The van der Waals surface area contributed by atoms with Crippen molar-refractivity contribution in [2.45, 2.75) is 24.2 Å². The van der Waals surface area contributed by atoms with Crippen LogP contribution in [0.25, 0.3) is 0 Å². The lowest BCUT2D eigenvalue weighted by Gasteiger charge is -2.14. The van der Waals surface area contributed by atoms with Gasteiger partial charge in [-0.25, -0.2) is 4.39 Å². The minimum absolute atomic E-state index is 0.193. The lowest BCUT2D eigenvalue weighted by Crippen LogP contribution is -2.08. The number of nitrogens with zero attached hydrogens (tertiary/aromatic N) is 2. The average molecular weight is 400 g/mol. The molecular weight excluding hydrogens is 379 g/mol. The zero-order valence-corrected chi connectivity index (χ0v) is 16.6. The minimum atomic E-state index is -1.17. The summed E-state index contributed by atoms with van der Waals surface area (Å²) in [6.07, 6.45) is 3.90. The molecule has 2 aromatic rings. The molecule has 28 heavy (non-hydrogen) atoms. The number of fused-ring (bicyclic) bond motifs is 1. The van der Waals surface area contributed by atoms with Gasteiger partial charge >= 0.3 is 0 Å². The number of hydrogen-bond donors (Lipinski definition) is 0.